The van der Waals surface area contributed by atoms with Gasteiger partial charge in [-0.3, -0.25) is 10.1 Å². The summed E-state index contributed by atoms with van der Waals surface area (Å²) in [7, 11) is 0. The molecule has 1 heterocycles. The molecule has 0 aliphatic rings. The number of hydrogen-bond acceptors (Lipinski definition) is 5. The van der Waals surface area contributed by atoms with Crippen LogP contribution in [0, 0.1) is 5.92 Å². The zero-order chi connectivity index (χ0) is 16.8. The number of carboxylic acids is 1. The second kappa shape index (κ2) is 8.29. The molecule has 0 saturated heterocycles. The minimum absolute atomic E-state index is 0.0128. The average molecular weight is 355 g/mol. The molecule has 0 amide bonds. The Kier molecular flexibility index (Phi) is 6.38. The molecule has 2 aromatic rings. The molecule has 23 heavy (non-hydrogen) atoms. The van der Waals surface area contributed by atoms with Gasteiger partial charge in [-0.1, -0.05) is 25.4 Å². The Morgan fingerprint density at radius 2 is 2.09 bits per heavy atom. The summed E-state index contributed by atoms with van der Waals surface area (Å²) in [6.45, 7) is 4.54. The van der Waals surface area contributed by atoms with Crippen LogP contribution in [0.25, 0.3) is 0 Å². The fourth-order valence-corrected chi connectivity index (χ4v) is 2.83. The Bertz CT molecular complexity index is 643. The van der Waals surface area contributed by atoms with Crippen LogP contribution in [0.3, 0.4) is 0 Å². The first-order valence-corrected chi connectivity index (χ1v) is 8.49. The van der Waals surface area contributed by atoms with Crippen LogP contribution in [0.2, 0.25) is 5.02 Å². The summed E-state index contributed by atoms with van der Waals surface area (Å²) in [5.74, 6) is -0.101. The fraction of sp³-hybridized carbons (Fsp3) is 0.375. The second-order valence-corrected chi connectivity index (χ2v) is 6.80. The molecule has 5 nitrogen and oxygen atoms in total. The van der Waals surface area contributed by atoms with Gasteiger partial charge in [-0.25, -0.2) is 4.98 Å². The van der Waals surface area contributed by atoms with Gasteiger partial charge in [-0.2, -0.15) is 0 Å². The van der Waals surface area contributed by atoms with E-state index in [-0.39, 0.29) is 5.92 Å². The van der Waals surface area contributed by atoms with Crippen molar-refractivity contribution in [3.05, 3.63) is 45.4 Å². The van der Waals surface area contributed by atoms with Gasteiger partial charge in [0.25, 0.3) is 0 Å². The van der Waals surface area contributed by atoms with Crippen molar-refractivity contribution < 1.29 is 14.6 Å². The smallest absolute Gasteiger partial charge is 0.320 e. The number of aliphatic carboxylic acids is 1. The zero-order valence-corrected chi connectivity index (χ0v) is 14.5. The number of nitrogens with zero attached hydrogens (tertiary/aromatic N) is 1. The number of benzene rings is 1. The zero-order valence-electron chi connectivity index (χ0n) is 13.0. The molecule has 0 aliphatic carbocycles. The van der Waals surface area contributed by atoms with Gasteiger partial charge in [0.15, 0.2) is 0 Å². The molecular weight excluding hydrogens is 336 g/mol. The van der Waals surface area contributed by atoms with Crippen molar-refractivity contribution in [1.29, 1.82) is 0 Å². The predicted octanol–water partition coefficient (Wildman–Crippen LogP) is 3.57. The van der Waals surface area contributed by atoms with Crippen LogP contribution in [0.15, 0.2) is 29.6 Å². The molecular formula is C16H19ClN2O3S. The van der Waals surface area contributed by atoms with Gasteiger partial charge >= 0.3 is 5.97 Å². The maximum atomic E-state index is 11.1. The molecule has 1 aromatic carbocycles. The van der Waals surface area contributed by atoms with Crippen molar-refractivity contribution in [2.75, 3.05) is 0 Å². The van der Waals surface area contributed by atoms with Gasteiger partial charge in [0.1, 0.15) is 23.4 Å². The van der Waals surface area contributed by atoms with Crippen LogP contribution in [0.5, 0.6) is 5.75 Å². The fourth-order valence-electron chi connectivity index (χ4n) is 1.99. The van der Waals surface area contributed by atoms with Gasteiger partial charge in [-0.05, 0) is 30.2 Å². The Morgan fingerprint density at radius 1 is 1.39 bits per heavy atom. The lowest BCUT2D eigenvalue weighted by Crippen LogP contribution is -2.40. The van der Waals surface area contributed by atoms with E-state index in [1.807, 2.05) is 19.2 Å². The van der Waals surface area contributed by atoms with Crippen molar-refractivity contribution in [3.8, 4) is 5.75 Å². The van der Waals surface area contributed by atoms with Crippen LogP contribution >= 0.6 is 22.9 Å². The third-order valence-electron chi connectivity index (χ3n) is 3.21. The molecule has 0 aliphatic heterocycles. The maximum absolute atomic E-state index is 11.1. The molecule has 0 fully saturated rings. The molecule has 2 rings (SSSR count). The highest BCUT2D eigenvalue weighted by Gasteiger charge is 2.20. The van der Waals surface area contributed by atoms with Crippen LogP contribution in [-0.4, -0.2) is 22.1 Å². The summed E-state index contributed by atoms with van der Waals surface area (Å²) in [5, 5.41) is 15.6. The van der Waals surface area contributed by atoms with E-state index in [1.165, 1.54) is 11.3 Å². The molecule has 1 atom stereocenters. The second-order valence-electron chi connectivity index (χ2n) is 5.42. The van der Waals surface area contributed by atoms with Crippen molar-refractivity contribution in [2.24, 2.45) is 5.92 Å². The molecule has 1 aromatic heterocycles. The third-order valence-corrected chi connectivity index (χ3v) is 4.33. The normalized spacial score (nSPS) is 12.3. The van der Waals surface area contributed by atoms with Crippen molar-refractivity contribution >= 4 is 28.9 Å². The van der Waals surface area contributed by atoms with Crippen LogP contribution in [0.1, 0.15) is 24.5 Å². The van der Waals surface area contributed by atoms with Gasteiger partial charge in [-0.15, -0.1) is 11.3 Å². The van der Waals surface area contributed by atoms with Gasteiger partial charge in [0, 0.05) is 16.9 Å². The number of nitrogens with one attached hydrogen (secondary N) is 1. The summed E-state index contributed by atoms with van der Waals surface area (Å²) >= 11 is 7.31. The van der Waals surface area contributed by atoms with Crippen LogP contribution < -0.4 is 10.1 Å². The predicted molar refractivity (Wildman–Crippen MR) is 91.0 cm³/mol. The number of thiazole rings is 1. The number of aromatic nitrogens is 1. The highest BCUT2D eigenvalue weighted by molar-refractivity contribution is 7.09. The summed E-state index contributed by atoms with van der Waals surface area (Å²) in [6, 6.07) is 6.57. The Labute approximate surface area is 144 Å². The standard InChI is InChI=1S/C16H19ClN2O3S/c1-10(2)15(16(20)21)18-7-12-9-23-14(19-12)8-22-13-5-3-11(17)4-6-13/h3-6,9-10,15,18H,7-8H2,1-2H3,(H,20,21)/t15-/m1/s1. The molecule has 2 N–H and O–H groups in total. The lowest BCUT2D eigenvalue weighted by Gasteiger charge is -2.16. The topological polar surface area (TPSA) is 71.5 Å². The van der Waals surface area contributed by atoms with Crippen molar-refractivity contribution in [3.63, 3.8) is 0 Å². The maximum Gasteiger partial charge on any atom is 0.320 e. The average Bonchev–Trinajstić information content (AvgIpc) is 2.94. The SMILES string of the molecule is CC(C)[C@@H](NCc1csc(COc2ccc(Cl)cc2)n1)C(=O)O. The Balaban J connectivity index is 1.85. The number of carboxylic acid groups (broad SMARTS) is 1. The van der Waals surface area contributed by atoms with Gasteiger partial charge in [0.2, 0.25) is 0 Å². The summed E-state index contributed by atoms with van der Waals surface area (Å²) in [6.07, 6.45) is 0. The highest BCUT2D eigenvalue weighted by Crippen LogP contribution is 2.18. The summed E-state index contributed by atoms with van der Waals surface area (Å²) < 4.78 is 5.64. The lowest BCUT2D eigenvalue weighted by molar-refractivity contribution is -0.140. The first-order valence-electron chi connectivity index (χ1n) is 7.23. The van der Waals surface area contributed by atoms with E-state index in [4.69, 9.17) is 21.4 Å². The highest BCUT2D eigenvalue weighted by atomic mass is 35.5. The number of halogens is 1. The summed E-state index contributed by atoms with van der Waals surface area (Å²) in [5.41, 5.74) is 0.816. The van der Waals surface area contributed by atoms with E-state index in [0.29, 0.717) is 18.2 Å². The number of hydrogen-bond donors (Lipinski definition) is 2. The van der Waals surface area contributed by atoms with Gasteiger partial charge < -0.3 is 9.84 Å². The van der Waals surface area contributed by atoms with Gasteiger partial charge in [0.05, 0.1) is 5.69 Å². The number of rotatable bonds is 8. The number of carbonyl (C=O) groups is 1. The molecule has 0 radical (unpaired) electrons. The molecule has 0 bridgehead atoms. The van der Waals surface area contributed by atoms with E-state index >= 15 is 0 Å². The van der Waals surface area contributed by atoms with Crippen LogP contribution in [0.4, 0.5) is 0 Å². The van der Waals surface area contributed by atoms with Crippen molar-refractivity contribution in [2.45, 2.75) is 33.0 Å². The minimum Gasteiger partial charge on any atom is -0.486 e. The minimum atomic E-state index is -0.846. The summed E-state index contributed by atoms with van der Waals surface area (Å²) in [4.78, 5) is 15.6. The third kappa shape index (κ3) is 5.49. The largest absolute Gasteiger partial charge is 0.486 e. The first-order chi connectivity index (χ1) is 11.0. The quantitative estimate of drug-likeness (QED) is 0.758. The molecule has 0 spiro atoms. The van der Waals surface area contributed by atoms with E-state index in [9.17, 15) is 4.79 Å². The number of ether oxygens (including phenoxy) is 1. The van der Waals surface area contributed by atoms with E-state index in [0.717, 1.165) is 16.5 Å². The lowest BCUT2D eigenvalue weighted by atomic mass is 10.1. The van der Waals surface area contributed by atoms with E-state index in [1.54, 1.807) is 24.3 Å². The molecule has 0 saturated carbocycles. The molecule has 124 valence electrons. The molecule has 7 heteroatoms. The van der Waals surface area contributed by atoms with Crippen molar-refractivity contribution in [1.82, 2.24) is 10.3 Å². The van der Waals surface area contributed by atoms with E-state index in [2.05, 4.69) is 10.3 Å². The van der Waals surface area contributed by atoms with E-state index < -0.39 is 12.0 Å². The van der Waals surface area contributed by atoms with Crippen LogP contribution in [-0.2, 0) is 17.9 Å². The Morgan fingerprint density at radius 3 is 2.70 bits per heavy atom. The molecule has 0 unspecified atom stereocenters. The Hall–Kier alpha value is -1.63. The monoisotopic (exact) mass is 354 g/mol. The first kappa shape index (κ1) is 17.7.